The Morgan fingerprint density at radius 1 is 1.06 bits per heavy atom. The van der Waals surface area contributed by atoms with Crippen LogP contribution >= 0.6 is 0 Å². The van der Waals surface area contributed by atoms with E-state index in [1.165, 1.54) is 18.2 Å². The largest absolute Gasteiger partial charge is 0.207 e. The fraction of sp³-hybridized carbons (Fsp3) is 0.571. The summed E-state index contributed by atoms with van der Waals surface area (Å²) in [5, 5.41) is 0. The fourth-order valence-corrected chi connectivity index (χ4v) is 2.08. The zero-order valence-corrected chi connectivity index (χ0v) is 10.1. The second-order valence-corrected chi connectivity index (χ2v) is 4.29. The van der Waals surface area contributed by atoms with Crippen LogP contribution in [0.3, 0.4) is 0 Å². The van der Waals surface area contributed by atoms with Gasteiger partial charge in [-0.05, 0) is 42.5 Å². The number of unbranched alkanes of at least 4 members (excludes halogenated alkanes) is 1. The smallest absolute Gasteiger partial charge is 0.126 e. The van der Waals surface area contributed by atoms with Gasteiger partial charge in [-0.3, -0.25) is 0 Å². The van der Waals surface area contributed by atoms with Gasteiger partial charge in [0, 0.05) is 0 Å². The minimum absolute atomic E-state index is 0.167. The molecule has 0 bridgehead atoms. The molecule has 0 fully saturated rings. The van der Waals surface area contributed by atoms with E-state index in [2.05, 4.69) is 13.8 Å². The molecule has 0 N–H and O–H groups in total. The van der Waals surface area contributed by atoms with Crippen LogP contribution < -0.4 is 0 Å². The lowest BCUT2D eigenvalue weighted by molar-refractivity contribution is 0.500. The molecule has 1 atom stereocenters. The Hall–Kier alpha value is -0.920. The fourth-order valence-electron chi connectivity index (χ4n) is 2.08. The van der Waals surface area contributed by atoms with Gasteiger partial charge < -0.3 is 0 Å². The molecule has 1 rings (SSSR count). The summed E-state index contributed by atoms with van der Waals surface area (Å²) in [4.78, 5) is 0. The molecule has 0 radical (unpaired) electrons. The van der Waals surface area contributed by atoms with E-state index in [0.717, 1.165) is 32.1 Å². The van der Waals surface area contributed by atoms with E-state index in [9.17, 15) is 8.78 Å². The summed E-state index contributed by atoms with van der Waals surface area (Å²) in [7, 11) is 0. The summed E-state index contributed by atoms with van der Waals surface area (Å²) in [5.74, 6) is -0.439. The Labute approximate surface area is 96.7 Å². The quantitative estimate of drug-likeness (QED) is 0.637. The highest BCUT2D eigenvalue weighted by atomic mass is 19.1. The zero-order chi connectivity index (χ0) is 12.0. The third-order valence-corrected chi connectivity index (χ3v) is 2.94. The maximum Gasteiger partial charge on any atom is 0.126 e. The lowest BCUT2D eigenvalue weighted by Crippen LogP contribution is -2.02. The molecule has 0 saturated heterocycles. The molecule has 0 aromatic heterocycles. The van der Waals surface area contributed by atoms with E-state index in [-0.39, 0.29) is 17.6 Å². The van der Waals surface area contributed by atoms with Gasteiger partial charge in [-0.25, -0.2) is 8.78 Å². The first kappa shape index (κ1) is 13.1. The summed E-state index contributed by atoms with van der Waals surface area (Å²) in [6, 6.07) is 3.77. The summed E-state index contributed by atoms with van der Waals surface area (Å²) in [5.41, 5.74) is 0.551. The first-order chi connectivity index (χ1) is 7.69. The van der Waals surface area contributed by atoms with Crippen LogP contribution in [0.5, 0.6) is 0 Å². The molecule has 90 valence electrons. The highest BCUT2D eigenvalue weighted by Crippen LogP contribution is 2.29. The first-order valence-corrected chi connectivity index (χ1v) is 6.14. The Kier molecular flexibility index (Phi) is 5.44. The van der Waals surface area contributed by atoms with Crippen molar-refractivity contribution >= 4 is 0 Å². The number of benzene rings is 1. The van der Waals surface area contributed by atoms with Crippen molar-refractivity contribution in [3.05, 3.63) is 35.4 Å². The maximum absolute atomic E-state index is 13.6. The van der Waals surface area contributed by atoms with Gasteiger partial charge >= 0.3 is 0 Å². The second kappa shape index (κ2) is 6.62. The van der Waals surface area contributed by atoms with Crippen molar-refractivity contribution in [3.63, 3.8) is 0 Å². The van der Waals surface area contributed by atoms with Crippen molar-refractivity contribution in [1.29, 1.82) is 0 Å². The van der Waals surface area contributed by atoms with E-state index >= 15 is 0 Å². The molecule has 0 heterocycles. The van der Waals surface area contributed by atoms with Gasteiger partial charge in [0.2, 0.25) is 0 Å². The first-order valence-electron chi connectivity index (χ1n) is 6.14. The lowest BCUT2D eigenvalue weighted by atomic mass is 9.89. The number of rotatable bonds is 6. The summed E-state index contributed by atoms with van der Waals surface area (Å²) >= 11 is 0. The van der Waals surface area contributed by atoms with Crippen molar-refractivity contribution < 1.29 is 8.78 Å². The minimum Gasteiger partial charge on any atom is -0.207 e. The van der Waals surface area contributed by atoms with Crippen molar-refractivity contribution in [1.82, 2.24) is 0 Å². The van der Waals surface area contributed by atoms with Crippen molar-refractivity contribution in [2.24, 2.45) is 0 Å². The van der Waals surface area contributed by atoms with Crippen LogP contribution in [-0.4, -0.2) is 0 Å². The molecule has 16 heavy (non-hydrogen) atoms. The normalized spacial score (nSPS) is 12.8. The Morgan fingerprint density at radius 2 is 1.81 bits per heavy atom. The standard InChI is InChI=1S/C14H20F2/c1-3-5-7-11(6-4-2)13-10-12(15)8-9-14(13)16/h8-11H,3-7H2,1-2H3. The monoisotopic (exact) mass is 226 g/mol. The highest BCUT2D eigenvalue weighted by molar-refractivity contribution is 5.22. The molecule has 0 amide bonds. The summed E-state index contributed by atoms with van der Waals surface area (Å²) in [6.45, 7) is 4.20. The lowest BCUT2D eigenvalue weighted by Gasteiger charge is -2.17. The second-order valence-electron chi connectivity index (χ2n) is 4.29. The number of hydrogen-bond donors (Lipinski definition) is 0. The van der Waals surface area contributed by atoms with Gasteiger partial charge in [-0.1, -0.05) is 33.1 Å². The molecule has 2 heteroatoms. The molecule has 0 aliphatic rings. The van der Waals surface area contributed by atoms with Crippen molar-refractivity contribution in [2.45, 2.75) is 51.9 Å². The molecule has 0 nitrogen and oxygen atoms in total. The average Bonchev–Trinajstić information content (AvgIpc) is 2.28. The molecule has 0 spiro atoms. The predicted molar refractivity (Wildman–Crippen MR) is 63.5 cm³/mol. The van der Waals surface area contributed by atoms with Gasteiger partial charge in [0.05, 0.1) is 0 Å². The SMILES string of the molecule is CCCCC(CCC)c1cc(F)ccc1F. The molecular formula is C14H20F2. The number of hydrogen-bond acceptors (Lipinski definition) is 0. The van der Waals surface area contributed by atoms with Gasteiger partial charge in [0.15, 0.2) is 0 Å². The topological polar surface area (TPSA) is 0 Å². The van der Waals surface area contributed by atoms with Crippen molar-refractivity contribution in [2.75, 3.05) is 0 Å². The maximum atomic E-state index is 13.6. The third-order valence-electron chi connectivity index (χ3n) is 2.94. The van der Waals surface area contributed by atoms with Crippen LogP contribution in [0.25, 0.3) is 0 Å². The van der Waals surface area contributed by atoms with E-state index in [1.54, 1.807) is 0 Å². The molecule has 0 aliphatic heterocycles. The molecule has 0 saturated carbocycles. The van der Waals surface area contributed by atoms with Gasteiger partial charge in [0.25, 0.3) is 0 Å². The zero-order valence-electron chi connectivity index (χ0n) is 10.1. The van der Waals surface area contributed by atoms with Crippen LogP contribution in [0.1, 0.15) is 57.4 Å². The Bertz CT molecular complexity index is 321. The van der Waals surface area contributed by atoms with Gasteiger partial charge in [-0.2, -0.15) is 0 Å². The summed E-state index contributed by atoms with van der Waals surface area (Å²) in [6.07, 6.45) is 5.05. The molecule has 1 aromatic rings. The predicted octanol–water partition coefficient (Wildman–Crippen LogP) is 5.04. The Morgan fingerprint density at radius 3 is 2.44 bits per heavy atom. The van der Waals surface area contributed by atoms with Crippen LogP contribution in [0.15, 0.2) is 18.2 Å². The Balaban J connectivity index is 2.85. The van der Waals surface area contributed by atoms with Gasteiger partial charge in [-0.15, -0.1) is 0 Å². The van der Waals surface area contributed by atoms with E-state index in [4.69, 9.17) is 0 Å². The molecule has 1 unspecified atom stereocenters. The van der Waals surface area contributed by atoms with Crippen LogP contribution in [0, 0.1) is 11.6 Å². The minimum atomic E-state index is -0.339. The molecule has 1 aromatic carbocycles. The van der Waals surface area contributed by atoms with Gasteiger partial charge in [0.1, 0.15) is 11.6 Å². The average molecular weight is 226 g/mol. The van der Waals surface area contributed by atoms with Crippen molar-refractivity contribution in [3.8, 4) is 0 Å². The van der Waals surface area contributed by atoms with Crippen LogP contribution in [-0.2, 0) is 0 Å². The molecular weight excluding hydrogens is 206 g/mol. The highest BCUT2D eigenvalue weighted by Gasteiger charge is 2.15. The summed E-state index contributed by atoms with van der Waals surface area (Å²) < 4.78 is 26.7. The number of halogens is 2. The van der Waals surface area contributed by atoms with E-state index < -0.39 is 0 Å². The van der Waals surface area contributed by atoms with E-state index in [1.807, 2.05) is 0 Å². The van der Waals surface area contributed by atoms with E-state index in [0.29, 0.717) is 5.56 Å². The van der Waals surface area contributed by atoms with Crippen LogP contribution in [0.4, 0.5) is 8.78 Å². The molecule has 0 aliphatic carbocycles. The van der Waals surface area contributed by atoms with Crippen LogP contribution in [0.2, 0.25) is 0 Å². The third kappa shape index (κ3) is 3.58.